The third-order valence-corrected chi connectivity index (χ3v) is 3.57. The molecule has 1 fully saturated rings. The lowest BCUT2D eigenvalue weighted by molar-refractivity contribution is -0.0449. The van der Waals surface area contributed by atoms with Crippen LogP contribution in [-0.4, -0.2) is 19.3 Å². The Balaban J connectivity index is 1.96. The average Bonchev–Trinajstić information content (AvgIpc) is 2.86. The lowest BCUT2D eigenvalue weighted by Crippen LogP contribution is -2.37. The van der Waals surface area contributed by atoms with Crippen LogP contribution in [-0.2, 0) is 11.3 Å². The van der Waals surface area contributed by atoms with Crippen molar-refractivity contribution in [2.75, 3.05) is 13.7 Å². The summed E-state index contributed by atoms with van der Waals surface area (Å²) in [5, 5.41) is 0. The molecule has 0 heterocycles. The van der Waals surface area contributed by atoms with Gasteiger partial charge in [0.15, 0.2) is 0 Å². The smallest absolute Gasteiger partial charge is 0.119 e. The highest BCUT2D eigenvalue weighted by atomic mass is 16.5. The maximum absolute atomic E-state index is 6.04. The molecule has 1 aromatic rings. The predicted octanol–water partition coefficient (Wildman–Crippen LogP) is 2.48. The van der Waals surface area contributed by atoms with Gasteiger partial charge in [-0.2, -0.15) is 0 Å². The molecule has 0 saturated heterocycles. The summed E-state index contributed by atoms with van der Waals surface area (Å²) in [4.78, 5) is 0. The lowest BCUT2D eigenvalue weighted by atomic mass is 10.0. The van der Waals surface area contributed by atoms with Gasteiger partial charge in [-0.15, -0.1) is 0 Å². The Morgan fingerprint density at radius 3 is 2.71 bits per heavy atom. The Morgan fingerprint density at radius 1 is 1.29 bits per heavy atom. The molecular weight excluding hydrogens is 214 g/mol. The molecule has 1 aromatic carbocycles. The second kappa shape index (κ2) is 5.52. The third-order valence-electron chi connectivity index (χ3n) is 3.57. The van der Waals surface area contributed by atoms with Gasteiger partial charge in [-0.25, -0.2) is 0 Å². The highest BCUT2D eigenvalue weighted by Crippen LogP contribution is 2.33. The van der Waals surface area contributed by atoms with Crippen molar-refractivity contribution in [3.8, 4) is 5.75 Å². The first kappa shape index (κ1) is 12.4. The zero-order chi connectivity index (χ0) is 12.1. The van der Waals surface area contributed by atoms with Gasteiger partial charge in [-0.05, 0) is 30.5 Å². The van der Waals surface area contributed by atoms with Crippen molar-refractivity contribution in [2.24, 2.45) is 5.73 Å². The molecule has 0 radical (unpaired) electrons. The maximum Gasteiger partial charge on any atom is 0.119 e. The van der Waals surface area contributed by atoms with Crippen LogP contribution in [0.5, 0.6) is 5.75 Å². The average molecular weight is 235 g/mol. The standard InChI is InChI=1S/C14H21NO2/c1-16-13-6-4-5-12(9-13)10-17-14(11-15)7-2-3-8-14/h4-6,9H,2-3,7-8,10-11,15H2,1H3. The van der Waals surface area contributed by atoms with Gasteiger partial charge in [-0.1, -0.05) is 25.0 Å². The molecule has 2 rings (SSSR count). The van der Waals surface area contributed by atoms with E-state index in [1.54, 1.807) is 7.11 Å². The zero-order valence-corrected chi connectivity index (χ0v) is 10.4. The van der Waals surface area contributed by atoms with E-state index in [2.05, 4.69) is 6.07 Å². The largest absolute Gasteiger partial charge is 0.497 e. The van der Waals surface area contributed by atoms with Gasteiger partial charge >= 0.3 is 0 Å². The number of rotatable bonds is 5. The van der Waals surface area contributed by atoms with Crippen LogP contribution in [0.4, 0.5) is 0 Å². The maximum atomic E-state index is 6.04. The summed E-state index contributed by atoms with van der Waals surface area (Å²) in [6.07, 6.45) is 4.64. The number of nitrogens with two attached hydrogens (primary N) is 1. The number of benzene rings is 1. The molecule has 17 heavy (non-hydrogen) atoms. The van der Waals surface area contributed by atoms with E-state index >= 15 is 0 Å². The second-order valence-corrected chi connectivity index (χ2v) is 4.73. The minimum absolute atomic E-state index is 0.0803. The fourth-order valence-corrected chi connectivity index (χ4v) is 2.43. The first-order valence-corrected chi connectivity index (χ1v) is 6.25. The van der Waals surface area contributed by atoms with Crippen LogP contribution in [0.3, 0.4) is 0 Å². The molecule has 1 aliphatic carbocycles. The summed E-state index contributed by atoms with van der Waals surface area (Å²) in [5.74, 6) is 0.874. The van der Waals surface area contributed by atoms with Crippen LogP contribution >= 0.6 is 0 Å². The van der Waals surface area contributed by atoms with E-state index in [1.165, 1.54) is 12.8 Å². The number of ether oxygens (including phenoxy) is 2. The van der Waals surface area contributed by atoms with E-state index in [-0.39, 0.29) is 5.60 Å². The second-order valence-electron chi connectivity index (χ2n) is 4.73. The SMILES string of the molecule is COc1cccc(COC2(CN)CCCC2)c1. The molecule has 1 aliphatic rings. The fraction of sp³-hybridized carbons (Fsp3) is 0.571. The van der Waals surface area contributed by atoms with Crippen LogP contribution in [0.15, 0.2) is 24.3 Å². The molecule has 0 aliphatic heterocycles. The normalized spacial score (nSPS) is 18.2. The van der Waals surface area contributed by atoms with Gasteiger partial charge in [0.05, 0.1) is 19.3 Å². The highest BCUT2D eigenvalue weighted by molar-refractivity contribution is 5.27. The van der Waals surface area contributed by atoms with E-state index in [4.69, 9.17) is 15.2 Å². The van der Waals surface area contributed by atoms with Crippen LogP contribution in [0.2, 0.25) is 0 Å². The lowest BCUT2D eigenvalue weighted by Gasteiger charge is -2.27. The molecule has 0 spiro atoms. The van der Waals surface area contributed by atoms with Crippen molar-refractivity contribution in [1.82, 2.24) is 0 Å². The summed E-state index contributed by atoms with van der Waals surface area (Å²) in [6.45, 7) is 1.24. The van der Waals surface area contributed by atoms with Crippen molar-refractivity contribution >= 4 is 0 Å². The molecule has 0 amide bonds. The fourth-order valence-electron chi connectivity index (χ4n) is 2.43. The van der Waals surface area contributed by atoms with E-state index in [0.29, 0.717) is 13.2 Å². The van der Waals surface area contributed by atoms with E-state index in [9.17, 15) is 0 Å². The molecule has 3 nitrogen and oxygen atoms in total. The molecule has 0 bridgehead atoms. The summed E-state index contributed by atoms with van der Waals surface area (Å²) < 4.78 is 11.2. The van der Waals surface area contributed by atoms with Gasteiger partial charge < -0.3 is 15.2 Å². The number of hydrogen-bond donors (Lipinski definition) is 1. The van der Waals surface area contributed by atoms with Gasteiger partial charge in [-0.3, -0.25) is 0 Å². The minimum atomic E-state index is -0.0803. The molecule has 0 unspecified atom stereocenters. The molecule has 2 N–H and O–H groups in total. The Kier molecular flexibility index (Phi) is 4.02. The Morgan fingerprint density at radius 2 is 2.06 bits per heavy atom. The zero-order valence-electron chi connectivity index (χ0n) is 10.4. The predicted molar refractivity (Wildman–Crippen MR) is 68.0 cm³/mol. The third kappa shape index (κ3) is 2.99. The minimum Gasteiger partial charge on any atom is -0.497 e. The van der Waals surface area contributed by atoms with Crippen LogP contribution in [0.25, 0.3) is 0 Å². The molecule has 0 atom stereocenters. The Hall–Kier alpha value is -1.06. The van der Waals surface area contributed by atoms with E-state index in [0.717, 1.165) is 24.2 Å². The summed E-state index contributed by atoms with van der Waals surface area (Å²) in [7, 11) is 1.68. The van der Waals surface area contributed by atoms with E-state index in [1.807, 2.05) is 18.2 Å². The van der Waals surface area contributed by atoms with Crippen molar-refractivity contribution in [2.45, 2.75) is 37.9 Å². The van der Waals surface area contributed by atoms with Gasteiger partial charge in [0.25, 0.3) is 0 Å². The van der Waals surface area contributed by atoms with E-state index < -0.39 is 0 Å². The summed E-state index contributed by atoms with van der Waals surface area (Å²) in [5.41, 5.74) is 6.90. The van der Waals surface area contributed by atoms with Crippen LogP contribution in [0.1, 0.15) is 31.2 Å². The molecule has 3 heteroatoms. The quantitative estimate of drug-likeness (QED) is 0.852. The van der Waals surface area contributed by atoms with Crippen molar-refractivity contribution in [3.63, 3.8) is 0 Å². The molecule has 1 saturated carbocycles. The van der Waals surface area contributed by atoms with Gasteiger partial charge in [0.2, 0.25) is 0 Å². The van der Waals surface area contributed by atoms with Gasteiger partial charge in [0, 0.05) is 6.54 Å². The topological polar surface area (TPSA) is 44.5 Å². The number of hydrogen-bond acceptors (Lipinski definition) is 3. The summed E-state index contributed by atoms with van der Waals surface area (Å²) in [6, 6.07) is 8.00. The summed E-state index contributed by atoms with van der Waals surface area (Å²) >= 11 is 0. The Labute approximate surface area is 103 Å². The van der Waals surface area contributed by atoms with Crippen molar-refractivity contribution in [1.29, 1.82) is 0 Å². The monoisotopic (exact) mass is 235 g/mol. The van der Waals surface area contributed by atoms with Crippen molar-refractivity contribution < 1.29 is 9.47 Å². The first-order chi connectivity index (χ1) is 8.28. The van der Waals surface area contributed by atoms with Crippen molar-refractivity contribution in [3.05, 3.63) is 29.8 Å². The first-order valence-electron chi connectivity index (χ1n) is 6.25. The number of methoxy groups -OCH3 is 1. The Bertz CT molecular complexity index is 359. The van der Waals surface area contributed by atoms with Crippen LogP contribution < -0.4 is 10.5 Å². The molecule has 0 aromatic heterocycles. The highest BCUT2D eigenvalue weighted by Gasteiger charge is 2.33. The molecule has 94 valence electrons. The van der Waals surface area contributed by atoms with Gasteiger partial charge in [0.1, 0.15) is 5.75 Å². The molecular formula is C14H21NO2. The van der Waals surface area contributed by atoms with Crippen LogP contribution in [0, 0.1) is 0 Å².